The zero-order valence-corrected chi connectivity index (χ0v) is 19.3. The summed E-state index contributed by atoms with van der Waals surface area (Å²) >= 11 is 6.06. The number of rotatable bonds is 12. The Kier molecular flexibility index (Phi) is 7.49. The van der Waals surface area contributed by atoms with Crippen molar-refractivity contribution in [3.05, 3.63) is 40.6 Å². The van der Waals surface area contributed by atoms with Crippen molar-refractivity contribution in [1.82, 2.24) is 20.3 Å². The minimum Gasteiger partial charge on any atom is -0.480 e. The summed E-state index contributed by atoms with van der Waals surface area (Å²) in [6, 6.07) is 3.24. The fourth-order valence-electron chi connectivity index (χ4n) is 4.20. The first-order chi connectivity index (χ1) is 16.0. The largest absolute Gasteiger partial charge is 0.480 e. The first kappa shape index (κ1) is 23.5. The van der Waals surface area contributed by atoms with Crippen molar-refractivity contribution in [3.63, 3.8) is 0 Å². The molecule has 0 saturated heterocycles. The molecule has 0 radical (unpaired) electrons. The summed E-state index contributed by atoms with van der Waals surface area (Å²) in [6.45, 7) is 1.78. The van der Waals surface area contributed by atoms with Gasteiger partial charge < -0.3 is 25.5 Å². The van der Waals surface area contributed by atoms with E-state index in [1.165, 1.54) is 11.9 Å². The first-order valence-corrected chi connectivity index (χ1v) is 11.9. The number of nitrogens with one attached hydrogen (secondary N) is 3. The van der Waals surface area contributed by atoms with E-state index < -0.39 is 17.4 Å². The summed E-state index contributed by atoms with van der Waals surface area (Å²) in [4.78, 5) is 35.9. The molecule has 4 rings (SSSR count). The topological polar surface area (TPSA) is 129 Å². The Bertz CT molecular complexity index is 991. The Morgan fingerprint density at radius 1 is 1.27 bits per heavy atom. The van der Waals surface area contributed by atoms with Crippen LogP contribution < -0.4 is 10.6 Å². The third-order valence-electron chi connectivity index (χ3n) is 6.33. The molecule has 2 aromatic heterocycles. The second-order valence-electron chi connectivity index (χ2n) is 8.71. The molecule has 2 aliphatic rings. The minimum atomic E-state index is -1.08. The number of nitrogens with zero attached hydrogens (tertiary/aromatic N) is 2. The van der Waals surface area contributed by atoms with Crippen molar-refractivity contribution in [1.29, 1.82) is 0 Å². The predicted octanol–water partition coefficient (Wildman–Crippen LogP) is 2.85. The number of anilines is 1. The van der Waals surface area contributed by atoms with Crippen LogP contribution in [0.15, 0.2) is 18.5 Å². The standard InChI is InChI=1S/C23H30ClN5O4/c24-19-18(26-14-27-19)23(9-10-23)22(32)29-17(21(30)31)8-13-33-12-2-1-5-16-7-6-15-4-3-11-25-20(15)28-16/h6-7,14,17H,1-5,8-13H2,(H,25,28)(H,26,27)(H,29,32)(H,30,31)/t17-/m0/s1. The fourth-order valence-corrected chi connectivity index (χ4v) is 4.49. The van der Waals surface area contributed by atoms with Crippen LogP contribution in [0.1, 0.15) is 55.5 Å². The van der Waals surface area contributed by atoms with Crippen LogP contribution >= 0.6 is 11.6 Å². The molecule has 1 amide bonds. The number of aromatic amines is 1. The highest BCUT2D eigenvalue weighted by Gasteiger charge is 2.54. The number of aromatic nitrogens is 3. The Morgan fingerprint density at radius 2 is 2.12 bits per heavy atom. The van der Waals surface area contributed by atoms with Crippen LogP contribution in [0, 0.1) is 0 Å². The van der Waals surface area contributed by atoms with Gasteiger partial charge in [0, 0.05) is 31.9 Å². The predicted molar refractivity (Wildman–Crippen MR) is 123 cm³/mol. The Morgan fingerprint density at radius 3 is 2.85 bits per heavy atom. The number of hydrogen-bond acceptors (Lipinski definition) is 6. The number of pyridine rings is 1. The lowest BCUT2D eigenvalue weighted by Crippen LogP contribution is -2.46. The minimum absolute atomic E-state index is 0.200. The molecule has 9 nitrogen and oxygen atoms in total. The number of H-pyrrole nitrogens is 1. The molecule has 10 heteroatoms. The molecule has 33 heavy (non-hydrogen) atoms. The van der Waals surface area contributed by atoms with Gasteiger partial charge in [-0.1, -0.05) is 17.7 Å². The number of amides is 1. The zero-order valence-electron chi connectivity index (χ0n) is 18.5. The van der Waals surface area contributed by atoms with E-state index in [0.717, 1.165) is 50.2 Å². The number of aryl methyl sites for hydroxylation is 2. The Hall–Kier alpha value is -2.65. The van der Waals surface area contributed by atoms with Gasteiger partial charge in [-0.05, 0) is 56.6 Å². The highest BCUT2D eigenvalue weighted by molar-refractivity contribution is 6.30. The maximum Gasteiger partial charge on any atom is 0.326 e. The van der Waals surface area contributed by atoms with E-state index in [-0.39, 0.29) is 24.1 Å². The molecule has 1 aliphatic heterocycles. The third-order valence-corrected chi connectivity index (χ3v) is 6.62. The lowest BCUT2D eigenvalue weighted by Gasteiger charge is -2.19. The number of carboxylic acid groups (broad SMARTS) is 1. The van der Waals surface area contributed by atoms with E-state index in [9.17, 15) is 14.7 Å². The number of ether oxygens (including phenoxy) is 1. The quantitative estimate of drug-likeness (QED) is 0.347. The number of halogens is 1. The van der Waals surface area contributed by atoms with Crippen molar-refractivity contribution in [2.45, 2.75) is 62.8 Å². The zero-order chi connectivity index (χ0) is 23.3. The molecular formula is C23H30ClN5O4. The van der Waals surface area contributed by atoms with Gasteiger partial charge in [0.15, 0.2) is 5.15 Å². The second-order valence-corrected chi connectivity index (χ2v) is 9.07. The van der Waals surface area contributed by atoms with Gasteiger partial charge in [0.2, 0.25) is 5.91 Å². The van der Waals surface area contributed by atoms with Crippen LogP contribution in [0.4, 0.5) is 5.82 Å². The Balaban J connectivity index is 1.15. The molecule has 1 fully saturated rings. The van der Waals surface area contributed by atoms with E-state index in [0.29, 0.717) is 25.1 Å². The van der Waals surface area contributed by atoms with E-state index in [1.54, 1.807) is 0 Å². The number of aliphatic carboxylic acids is 1. The van der Waals surface area contributed by atoms with Gasteiger partial charge in [-0.25, -0.2) is 14.8 Å². The SMILES string of the molecule is O=C(O)[C@H](CCOCCCCc1ccc2c(n1)NCCC2)NC(=O)C1(c2[nH]cnc2Cl)CC1. The van der Waals surface area contributed by atoms with Gasteiger partial charge in [0.05, 0.1) is 17.4 Å². The highest BCUT2D eigenvalue weighted by atomic mass is 35.5. The molecule has 4 N–H and O–H groups in total. The number of carboxylic acids is 1. The third kappa shape index (κ3) is 5.65. The monoisotopic (exact) mass is 475 g/mol. The smallest absolute Gasteiger partial charge is 0.326 e. The molecule has 1 saturated carbocycles. The molecular weight excluding hydrogens is 446 g/mol. The van der Waals surface area contributed by atoms with Gasteiger partial charge in [0.25, 0.3) is 0 Å². The number of hydrogen-bond donors (Lipinski definition) is 4. The average Bonchev–Trinajstić information content (AvgIpc) is 3.51. The van der Waals surface area contributed by atoms with E-state index in [1.807, 2.05) is 0 Å². The van der Waals surface area contributed by atoms with Crippen molar-refractivity contribution < 1.29 is 19.4 Å². The number of imidazole rings is 1. The maximum atomic E-state index is 12.8. The number of unbranched alkanes of at least 4 members (excludes halogenated alkanes) is 1. The highest BCUT2D eigenvalue weighted by Crippen LogP contribution is 2.49. The van der Waals surface area contributed by atoms with Gasteiger partial charge in [-0.15, -0.1) is 0 Å². The van der Waals surface area contributed by atoms with Crippen LogP contribution in [0.5, 0.6) is 0 Å². The lowest BCUT2D eigenvalue weighted by molar-refractivity contribution is -0.142. The van der Waals surface area contributed by atoms with Crippen LogP contribution in [-0.2, 0) is 32.6 Å². The van der Waals surface area contributed by atoms with Gasteiger partial charge in [-0.3, -0.25) is 4.79 Å². The van der Waals surface area contributed by atoms with Crippen LogP contribution in [0.2, 0.25) is 5.15 Å². The molecule has 1 atom stereocenters. The molecule has 1 aliphatic carbocycles. The van der Waals surface area contributed by atoms with E-state index >= 15 is 0 Å². The maximum absolute atomic E-state index is 12.8. The second kappa shape index (κ2) is 10.5. The van der Waals surface area contributed by atoms with Crippen molar-refractivity contribution in [2.75, 3.05) is 25.1 Å². The van der Waals surface area contributed by atoms with Crippen molar-refractivity contribution in [2.24, 2.45) is 0 Å². The van der Waals surface area contributed by atoms with Crippen molar-refractivity contribution in [3.8, 4) is 0 Å². The van der Waals surface area contributed by atoms with Crippen molar-refractivity contribution >= 4 is 29.3 Å². The number of carbonyl (C=O) groups is 2. The summed E-state index contributed by atoms with van der Waals surface area (Å²) < 4.78 is 5.63. The van der Waals surface area contributed by atoms with Gasteiger partial charge in [0.1, 0.15) is 11.9 Å². The van der Waals surface area contributed by atoms with E-state index in [2.05, 4.69) is 32.7 Å². The summed E-state index contributed by atoms with van der Waals surface area (Å²) in [5.41, 5.74) is 2.10. The molecule has 0 spiro atoms. The normalized spacial score (nSPS) is 17.0. The molecule has 178 valence electrons. The average molecular weight is 476 g/mol. The summed E-state index contributed by atoms with van der Waals surface area (Å²) in [7, 11) is 0. The molecule has 0 aromatic carbocycles. The first-order valence-electron chi connectivity index (χ1n) is 11.5. The lowest BCUT2D eigenvalue weighted by atomic mass is 10.0. The molecule has 3 heterocycles. The summed E-state index contributed by atoms with van der Waals surface area (Å²) in [5, 5.41) is 15.8. The summed E-state index contributed by atoms with van der Waals surface area (Å²) in [6.07, 6.45) is 7.77. The van der Waals surface area contributed by atoms with Gasteiger partial charge in [-0.2, -0.15) is 0 Å². The van der Waals surface area contributed by atoms with Crippen LogP contribution in [0.3, 0.4) is 0 Å². The van der Waals surface area contributed by atoms with Crippen LogP contribution in [0.25, 0.3) is 0 Å². The number of carbonyl (C=O) groups excluding carboxylic acids is 1. The fraction of sp³-hybridized carbons (Fsp3) is 0.565. The molecule has 0 unspecified atom stereocenters. The Labute approximate surface area is 197 Å². The van der Waals surface area contributed by atoms with E-state index in [4.69, 9.17) is 21.3 Å². The molecule has 0 bridgehead atoms. The summed E-state index contributed by atoms with van der Waals surface area (Å²) in [5.74, 6) is -0.404. The van der Waals surface area contributed by atoms with Crippen LogP contribution in [-0.4, -0.2) is 57.7 Å². The molecule has 2 aromatic rings. The van der Waals surface area contributed by atoms with Gasteiger partial charge >= 0.3 is 5.97 Å². The number of fused-ring (bicyclic) bond motifs is 1.